The van der Waals surface area contributed by atoms with E-state index in [4.69, 9.17) is 17.3 Å². The van der Waals surface area contributed by atoms with Crippen LogP contribution in [0.15, 0.2) is 0 Å². The fourth-order valence-corrected chi connectivity index (χ4v) is 0.782. The van der Waals surface area contributed by atoms with Crippen LogP contribution in [0.25, 0.3) is 0 Å². The Bertz CT molecular complexity index is 54.6. The quantitative estimate of drug-likeness (QED) is 0.362. The Morgan fingerprint density at radius 2 is 1.83 bits per heavy atom. The largest absolute Gasteiger partial charge is 0.313 e. The summed E-state index contributed by atoms with van der Waals surface area (Å²) in [5.74, 6) is 0. The van der Waals surface area contributed by atoms with Crippen LogP contribution in [0.2, 0.25) is 0 Å². The van der Waals surface area contributed by atoms with Gasteiger partial charge in [0.15, 0.2) is 0 Å². The van der Waals surface area contributed by atoms with Gasteiger partial charge in [0.05, 0.1) is 5.00 Å². The molecule has 0 amide bonds. The third-order valence-corrected chi connectivity index (χ3v) is 1.56. The molecule has 0 bridgehead atoms. The van der Waals surface area contributed by atoms with Gasteiger partial charge in [-0.05, 0) is 19.3 Å². The first-order valence-corrected chi connectivity index (χ1v) is 2.56. The molecule has 0 atom stereocenters. The molecule has 0 spiro atoms. The molecule has 0 unspecified atom stereocenters. The molecule has 1 fully saturated rings. The summed E-state index contributed by atoms with van der Waals surface area (Å²) in [5.41, 5.74) is 5.39. The number of rotatable bonds is 0. The second-order valence-corrected chi connectivity index (χ2v) is 2.64. The summed E-state index contributed by atoms with van der Waals surface area (Å²) in [4.78, 5) is -0.306. The first-order chi connectivity index (χ1) is 2.71. The van der Waals surface area contributed by atoms with Crippen molar-refractivity contribution in [3.05, 3.63) is 0 Å². The zero-order chi connectivity index (χ0) is 4.62. The van der Waals surface area contributed by atoms with Gasteiger partial charge in [-0.25, -0.2) is 0 Å². The minimum Gasteiger partial charge on any atom is -0.313 e. The molecular weight excluding hydrogens is 97.5 g/mol. The molecule has 2 heteroatoms. The van der Waals surface area contributed by atoms with E-state index in [0.717, 1.165) is 12.8 Å². The average molecular weight is 106 g/mol. The van der Waals surface area contributed by atoms with Crippen molar-refractivity contribution >= 4 is 11.6 Å². The molecule has 0 radical (unpaired) electrons. The fourth-order valence-electron chi connectivity index (χ4n) is 0.515. The van der Waals surface area contributed by atoms with Crippen molar-refractivity contribution in [1.29, 1.82) is 0 Å². The minimum absolute atomic E-state index is 0.306. The van der Waals surface area contributed by atoms with E-state index >= 15 is 0 Å². The van der Waals surface area contributed by atoms with Gasteiger partial charge in [0.25, 0.3) is 0 Å². The van der Waals surface area contributed by atoms with Gasteiger partial charge in [-0.1, -0.05) is 0 Å². The molecule has 0 aromatic carbocycles. The molecule has 0 saturated heterocycles. The molecule has 6 heavy (non-hydrogen) atoms. The standard InChI is InChI=1S/C4H8ClN/c5-4(6)2-1-3-4/h1-3,6H2. The number of halogens is 1. The van der Waals surface area contributed by atoms with Gasteiger partial charge in [0, 0.05) is 0 Å². The van der Waals surface area contributed by atoms with Crippen LogP contribution < -0.4 is 5.73 Å². The van der Waals surface area contributed by atoms with Crippen LogP contribution >= 0.6 is 11.6 Å². The smallest absolute Gasteiger partial charge is 0.0910 e. The highest BCUT2D eigenvalue weighted by molar-refractivity contribution is 6.23. The Kier molecular flexibility index (Phi) is 0.815. The van der Waals surface area contributed by atoms with Crippen LogP contribution in [-0.2, 0) is 0 Å². The average Bonchev–Trinajstić information content (AvgIpc) is 1.32. The van der Waals surface area contributed by atoms with Crippen LogP contribution in [0.3, 0.4) is 0 Å². The summed E-state index contributed by atoms with van der Waals surface area (Å²) in [6.07, 6.45) is 3.20. The second-order valence-electron chi connectivity index (χ2n) is 1.89. The van der Waals surface area contributed by atoms with E-state index in [1.54, 1.807) is 0 Å². The number of alkyl halides is 1. The molecule has 1 aliphatic carbocycles. The van der Waals surface area contributed by atoms with Crippen LogP contribution in [0.5, 0.6) is 0 Å². The Labute approximate surface area is 42.5 Å². The Morgan fingerprint density at radius 3 is 1.83 bits per heavy atom. The Morgan fingerprint density at radius 1 is 1.50 bits per heavy atom. The normalized spacial score (nSPS) is 29.0. The molecule has 1 nitrogen and oxygen atoms in total. The summed E-state index contributed by atoms with van der Waals surface area (Å²) < 4.78 is 0. The lowest BCUT2D eigenvalue weighted by molar-refractivity contribution is 0.364. The van der Waals surface area contributed by atoms with Crippen LogP contribution in [0.1, 0.15) is 19.3 Å². The third-order valence-electron chi connectivity index (χ3n) is 1.18. The highest BCUT2D eigenvalue weighted by atomic mass is 35.5. The van der Waals surface area contributed by atoms with E-state index in [9.17, 15) is 0 Å². The molecule has 0 aromatic heterocycles. The summed E-state index contributed by atoms with van der Waals surface area (Å²) >= 11 is 5.58. The van der Waals surface area contributed by atoms with Gasteiger partial charge in [-0.3, -0.25) is 0 Å². The molecular formula is C4H8ClN. The molecule has 0 aromatic rings. The van der Waals surface area contributed by atoms with Crippen molar-refractivity contribution in [3.8, 4) is 0 Å². The van der Waals surface area contributed by atoms with E-state index in [2.05, 4.69) is 0 Å². The molecule has 1 saturated carbocycles. The molecule has 36 valence electrons. The summed E-state index contributed by atoms with van der Waals surface area (Å²) in [5, 5.41) is 0. The monoisotopic (exact) mass is 105 g/mol. The first kappa shape index (κ1) is 4.41. The van der Waals surface area contributed by atoms with Crippen LogP contribution in [0.4, 0.5) is 0 Å². The van der Waals surface area contributed by atoms with Crippen molar-refractivity contribution in [2.24, 2.45) is 5.73 Å². The molecule has 2 N–H and O–H groups in total. The maximum Gasteiger partial charge on any atom is 0.0910 e. The van der Waals surface area contributed by atoms with Crippen molar-refractivity contribution in [2.45, 2.75) is 24.3 Å². The highest BCUT2D eigenvalue weighted by Gasteiger charge is 2.28. The first-order valence-electron chi connectivity index (χ1n) is 2.18. The zero-order valence-electron chi connectivity index (χ0n) is 3.58. The summed E-state index contributed by atoms with van der Waals surface area (Å²) in [7, 11) is 0. The highest BCUT2D eigenvalue weighted by Crippen LogP contribution is 2.32. The van der Waals surface area contributed by atoms with Gasteiger partial charge in [-0.2, -0.15) is 0 Å². The Hall–Kier alpha value is 0.250. The lowest BCUT2D eigenvalue weighted by Gasteiger charge is -2.30. The number of hydrogen-bond donors (Lipinski definition) is 1. The second kappa shape index (κ2) is 1.11. The van der Waals surface area contributed by atoms with Crippen LogP contribution in [0, 0.1) is 0 Å². The minimum atomic E-state index is -0.306. The van der Waals surface area contributed by atoms with Gasteiger partial charge < -0.3 is 5.73 Å². The van der Waals surface area contributed by atoms with Crippen molar-refractivity contribution in [3.63, 3.8) is 0 Å². The predicted molar refractivity (Wildman–Crippen MR) is 26.6 cm³/mol. The third kappa shape index (κ3) is 0.660. The van der Waals surface area contributed by atoms with Crippen LogP contribution in [-0.4, -0.2) is 5.00 Å². The van der Waals surface area contributed by atoms with Gasteiger partial charge in [-0.15, -0.1) is 11.6 Å². The van der Waals surface area contributed by atoms with E-state index in [1.807, 2.05) is 0 Å². The summed E-state index contributed by atoms with van der Waals surface area (Å²) in [6.45, 7) is 0. The maximum absolute atomic E-state index is 5.58. The van der Waals surface area contributed by atoms with Gasteiger partial charge in [0.2, 0.25) is 0 Å². The molecule has 0 aliphatic heterocycles. The SMILES string of the molecule is NC1(Cl)CCC1. The summed E-state index contributed by atoms with van der Waals surface area (Å²) in [6, 6.07) is 0. The lowest BCUT2D eigenvalue weighted by Crippen LogP contribution is -2.39. The Balaban J connectivity index is 2.31. The van der Waals surface area contributed by atoms with Crippen molar-refractivity contribution in [2.75, 3.05) is 0 Å². The molecule has 1 rings (SSSR count). The number of nitrogens with two attached hydrogens (primary N) is 1. The lowest BCUT2D eigenvalue weighted by atomic mass is 9.93. The topological polar surface area (TPSA) is 26.0 Å². The predicted octanol–water partition coefficient (Wildman–Crippen LogP) is 1.06. The van der Waals surface area contributed by atoms with E-state index < -0.39 is 0 Å². The fraction of sp³-hybridized carbons (Fsp3) is 1.00. The molecule has 0 heterocycles. The van der Waals surface area contributed by atoms with E-state index in [0.29, 0.717) is 0 Å². The van der Waals surface area contributed by atoms with Gasteiger partial charge in [0.1, 0.15) is 0 Å². The maximum atomic E-state index is 5.58. The molecule has 1 aliphatic rings. The van der Waals surface area contributed by atoms with Crippen molar-refractivity contribution in [1.82, 2.24) is 0 Å². The van der Waals surface area contributed by atoms with E-state index in [-0.39, 0.29) is 5.00 Å². The van der Waals surface area contributed by atoms with Gasteiger partial charge >= 0.3 is 0 Å². The number of hydrogen-bond acceptors (Lipinski definition) is 1. The van der Waals surface area contributed by atoms with Crippen molar-refractivity contribution < 1.29 is 0 Å². The van der Waals surface area contributed by atoms with E-state index in [1.165, 1.54) is 6.42 Å². The zero-order valence-corrected chi connectivity index (χ0v) is 4.33.